The summed E-state index contributed by atoms with van der Waals surface area (Å²) in [5.74, 6) is 0.831. The quantitative estimate of drug-likeness (QED) is 0.794. The molecule has 1 aliphatic rings. The lowest BCUT2D eigenvalue weighted by atomic mass is 9.93. The summed E-state index contributed by atoms with van der Waals surface area (Å²) in [6.45, 7) is 0.512. The minimum atomic E-state index is -0.189. The molecule has 0 heterocycles. The Hall–Kier alpha value is -1.26. The van der Waals surface area contributed by atoms with E-state index in [1.807, 2.05) is 12.1 Å². The molecule has 2 N–H and O–H groups in total. The predicted octanol–water partition coefficient (Wildman–Crippen LogP) is 2.92. The van der Waals surface area contributed by atoms with E-state index in [1.165, 1.54) is 0 Å². The maximum Gasteiger partial charge on any atom is 0.220 e. The summed E-state index contributed by atoms with van der Waals surface area (Å²) < 4.78 is 5.54. The fourth-order valence-corrected chi connectivity index (χ4v) is 2.60. The van der Waals surface area contributed by atoms with Crippen molar-refractivity contribution in [3.05, 3.63) is 29.3 Å². The fraction of sp³-hybridized carbons (Fsp3) is 0.562. The number of nitrogens with one attached hydrogen (secondary N) is 1. The Labute approximate surface area is 130 Å². The summed E-state index contributed by atoms with van der Waals surface area (Å²) in [6, 6.07) is 7.41. The number of ether oxygens (including phenoxy) is 1. The molecule has 21 heavy (non-hydrogen) atoms. The SMILES string of the molecule is O=C(CCCOc1ccc(Cl)cc1)NC1CCC(O)CC1. The number of hydrogen-bond acceptors (Lipinski definition) is 3. The minimum absolute atomic E-state index is 0.0658. The van der Waals surface area contributed by atoms with Gasteiger partial charge in [-0.1, -0.05) is 11.6 Å². The number of aliphatic hydroxyl groups excluding tert-OH is 1. The van der Waals surface area contributed by atoms with Gasteiger partial charge in [-0.15, -0.1) is 0 Å². The van der Waals surface area contributed by atoms with E-state index in [9.17, 15) is 9.90 Å². The van der Waals surface area contributed by atoms with Gasteiger partial charge in [0.2, 0.25) is 5.91 Å². The molecule has 1 aromatic carbocycles. The normalized spacial score (nSPS) is 21.8. The molecule has 0 radical (unpaired) electrons. The smallest absolute Gasteiger partial charge is 0.220 e. The molecule has 0 atom stereocenters. The number of halogens is 1. The second kappa shape index (κ2) is 8.25. The summed E-state index contributed by atoms with van der Waals surface area (Å²) in [5.41, 5.74) is 0. The van der Waals surface area contributed by atoms with Crippen LogP contribution in [0, 0.1) is 0 Å². The molecule has 4 nitrogen and oxygen atoms in total. The van der Waals surface area contributed by atoms with Crippen LogP contribution >= 0.6 is 11.6 Å². The van der Waals surface area contributed by atoms with E-state index in [0.717, 1.165) is 31.4 Å². The number of amides is 1. The average Bonchev–Trinajstić information content (AvgIpc) is 2.48. The Bertz CT molecular complexity index is 441. The van der Waals surface area contributed by atoms with Gasteiger partial charge >= 0.3 is 0 Å². The lowest BCUT2D eigenvalue weighted by molar-refractivity contribution is -0.122. The number of carbonyl (C=O) groups excluding carboxylic acids is 1. The van der Waals surface area contributed by atoms with E-state index in [1.54, 1.807) is 12.1 Å². The van der Waals surface area contributed by atoms with Crippen LogP contribution in [0.15, 0.2) is 24.3 Å². The van der Waals surface area contributed by atoms with Crippen molar-refractivity contribution >= 4 is 17.5 Å². The first-order valence-electron chi connectivity index (χ1n) is 7.49. The van der Waals surface area contributed by atoms with E-state index in [-0.39, 0.29) is 18.1 Å². The van der Waals surface area contributed by atoms with Crippen molar-refractivity contribution in [2.45, 2.75) is 50.7 Å². The van der Waals surface area contributed by atoms with Gasteiger partial charge in [0, 0.05) is 17.5 Å². The van der Waals surface area contributed by atoms with Gasteiger partial charge in [-0.2, -0.15) is 0 Å². The molecule has 5 heteroatoms. The van der Waals surface area contributed by atoms with Gasteiger partial charge in [0.05, 0.1) is 12.7 Å². The van der Waals surface area contributed by atoms with Crippen LogP contribution in [0.5, 0.6) is 5.75 Å². The third-order valence-corrected chi connectivity index (χ3v) is 3.94. The molecular weight excluding hydrogens is 290 g/mol. The molecule has 116 valence electrons. The third-order valence-electron chi connectivity index (χ3n) is 3.69. The standard InChI is InChI=1S/C16H22ClNO3/c17-12-3-9-15(10-4-12)21-11-1-2-16(20)18-13-5-7-14(19)8-6-13/h3-4,9-10,13-14,19H,1-2,5-8,11H2,(H,18,20). The second-order valence-corrected chi connectivity index (χ2v) is 5.92. The highest BCUT2D eigenvalue weighted by Crippen LogP contribution is 2.18. The Morgan fingerprint density at radius 1 is 1.24 bits per heavy atom. The van der Waals surface area contributed by atoms with Crippen LogP contribution in [-0.2, 0) is 4.79 Å². The first kappa shape index (κ1) is 16.1. The van der Waals surface area contributed by atoms with Crippen LogP contribution in [0.1, 0.15) is 38.5 Å². The van der Waals surface area contributed by atoms with Gasteiger partial charge in [-0.3, -0.25) is 4.79 Å². The van der Waals surface area contributed by atoms with Crippen molar-refractivity contribution in [2.24, 2.45) is 0 Å². The molecule has 1 aliphatic carbocycles. The Morgan fingerprint density at radius 2 is 1.90 bits per heavy atom. The number of rotatable bonds is 6. The molecule has 1 aromatic rings. The van der Waals surface area contributed by atoms with Gasteiger partial charge in [0.15, 0.2) is 0 Å². The summed E-state index contributed by atoms with van der Waals surface area (Å²) in [6.07, 6.45) is 4.26. The third kappa shape index (κ3) is 5.94. The van der Waals surface area contributed by atoms with Crippen molar-refractivity contribution in [2.75, 3.05) is 6.61 Å². The minimum Gasteiger partial charge on any atom is -0.494 e. The maximum atomic E-state index is 11.8. The van der Waals surface area contributed by atoms with Crippen LogP contribution in [0.2, 0.25) is 5.02 Å². The Morgan fingerprint density at radius 3 is 2.57 bits per heavy atom. The van der Waals surface area contributed by atoms with Crippen molar-refractivity contribution < 1.29 is 14.6 Å². The van der Waals surface area contributed by atoms with Crippen LogP contribution in [-0.4, -0.2) is 29.8 Å². The number of carbonyl (C=O) groups is 1. The molecule has 1 saturated carbocycles. The topological polar surface area (TPSA) is 58.6 Å². The monoisotopic (exact) mass is 311 g/mol. The average molecular weight is 312 g/mol. The lowest BCUT2D eigenvalue weighted by Gasteiger charge is -2.26. The fourth-order valence-electron chi connectivity index (χ4n) is 2.47. The number of benzene rings is 1. The van der Waals surface area contributed by atoms with Gasteiger partial charge in [-0.25, -0.2) is 0 Å². The number of hydrogen-bond donors (Lipinski definition) is 2. The van der Waals surface area contributed by atoms with Crippen LogP contribution in [0.3, 0.4) is 0 Å². The van der Waals surface area contributed by atoms with Crippen molar-refractivity contribution in [3.8, 4) is 5.75 Å². The molecule has 1 fully saturated rings. The summed E-state index contributed by atoms with van der Waals surface area (Å²) >= 11 is 5.79. The largest absolute Gasteiger partial charge is 0.494 e. The summed E-state index contributed by atoms with van der Waals surface area (Å²) in [5, 5.41) is 13.1. The van der Waals surface area contributed by atoms with Gasteiger partial charge in [-0.05, 0) is 56.4 Å². The maximum absolute atomic E-state index is 11.8. The highest BCUT2D eigenvalue weighted by atomic mass is 35.5. The van der Waals surface area contributed by atoms with Gasteiger partial charge < -0.3 is 15.2 Å². The van der Waals surface area contributed by atoms with Crippen molar-refractivity contribution in [1.82, 2.24) is 5.32 Å². The second-order valence-electron chi connectivity index (χ2n) is 5.48. The zero-order chi connectivity index (χ0) is 15.1. The molecule has 0 saturated heterocycles. The van der Waals surface area contributed by atoms with E-state index < -0.39 is 0 Å². The van der Waals surface area contributed by atoms with Crippen LogP contribution in [0.4, 0.5) is 0 Å². The molecule has 2 rings (SSSR count). The van der Waals surface area contributed by atoms with E-state index in [0.29, 0.717) is 24.5 Å². The molecule has 0 aliphatic heterocycles. The van der Waals surface area contributed by atoms with E-state index >= 15 is 0 Å². The Kier molecular flexibility index (Phi) is 6.33. The van der Waals surface area contributed by atoms with Gasteiger partial charge in [0.1, 0.15) is 5.75 Å². The molecular formula is C16H22ClNO3. The zero-order valence-electron chi connectivity index (χ0n) is 12.1. The van der Waals surface area contributed by atoms with Crippen molar-refractivity contribution in [1.29, 1.82) is 0 Å². The van der Waals surface area contributed by atoms with E-state index in [4.69, 9.17) is 16.3 Å². The lowest BCUT2D eigenvalue weighted by Crippen LogP contribution is -2.38. The number of aliphatic hydroxyl groups is 1. The predicted molar refractivity (Wildman–Crippen MR) is 82.6 cm³/mol. The highest BCUT2D eigenvalue weighted by molar-refractivity contribution is 6.30. The first-order chi connectivity index (χ1) is 10.1. The molecule has 0 spiro atoms. The zero-order valence-corrected chi connectivity index (χ0v) is 12.8. The van der Waals surface area contributed by atoms with Crippen LogP contribution < -0.4 is 10.1 Å². The molecule has 1 amide bonds. The molecule has 0 unspecified atom stereocenters. The summed E-state index contributed by atoms with van der Waals surface area (Å²) in [4.78, 5) is 11.8. The molecule has 0 aromatic heterocycles. The summed E-state index contributed by atoms with van der Waals surface area (Å²) in [7, 11) is 0. The Balaban J connectivity index is 1.58. The van der Waals surface area contributed by atoms with Crippen molar-refractivity contribution in [3.63, 3.8) is 0 Å². The van der Waals surface area contributed by atoms with Crippen LogP contribution in [0.25, 0.3) is 0 Å². The van der Waals surface area contributed by atoms with E-state index in [2.05, 4.69) is 5.32 Å². The molecule has 0 bridgehead atoms. The first-order valence-corrected chi connectivity index (χ1v) is 7.87. The highest BCUT2D eigenvalue weighted by Gasteiger charge is 2.20. The van der Waals surface area contributed by atoms with Gasteiger partial charge in [0.25, 0.3) is 0 Å².